The molecule has 0 aliphatic carbocycles. The third kappa shape index (κ3) is 2.96. The van der Waals surface area contributed by atoms with Crippen molar-refractivity contribution in [3.63, 3.8) is 0 Å². The van der Waals surface area contributed by atoms with Crippen LogP contribution in [0.15, 0.2) is 0 Å². The lowest BCUT2D eigenvalue weighted by Gasteiger charge is -2.32. The summed E-state index contributed by atoms with van der Waals surface area (Å²) in [6, 6.07) is 0. The van der Waals surface area contributed by atoms with Gasteiger partial charge in [-0.15, -0.1) is 0 Å². The molecule has 0 spiro atoms. The summed E-state index contributed by atoms with van der Waals surface area (Å²) in [6.07, 6.45) is 8.71. The number of rotatable bonds is 2. The average molecular weight is 183 g/mol. The number of ether oxygens (including phenoxy) is 1. The summed E-state index contributed by atoms with van der Waals surface area (Å²) >= 11 is 0. The number of hydrogen-bond acceptors (Lipinski definition) is 2. The molecular weight excluding hydrogens is 162 g/mol. The van der Waals surface area contributed by atoms with Crippen LogP contribution >= 0.6 is 0 Å². The molecule has 0 amide bonds. The van der Waals surface area contributed by atoms with Crippen LogP contribution in [-0.4, -0.2) is 37.2 Å². The Hall–Kier alpha value is -0.0800. The summed E-state index contributed by atoms with van der Waals surface area (Å²) in [5.74, 6) is 0. The van der Waals surface area contributed by atoms with Gasteiger partial charge in [0.2, 0.25) is 0 Å². The van der Waals surface area contributed by atoms with Gasteiger partial charge in [-0.05, 0) is 45.2 Å². The topological polar surface area (TPSA) is 12.5 Å². The van der Waals surface area contributed by atoms with E-state index in [0.29, 0.717) is 6.10 Å². The fraction of sp³-hybridized carbons (Fsp3) is 1.00. The van der Waals surface area contributed by atoms with Crippen LogP contribution in [0, 0.1) is 0 Å². The van der Waals surface area contributed by atoms with Crippen molar-refractivity contribution in [2.75, 3.05) is 26.2 Å². The molecule has 0 aromatic heterocycles. The highest BCUT2D eigenvalue weighted by Gasteiger charge is 2.18. The Kier molecular flexibility index (Phi) is 3.62. The molecule has 2 heterocycles. The summed E-state index contributed by atoms with van der Waals surface area (Å²) in [5.41, 5.74) is 0. The maximum absolute atomic E-state index is 5.74. The second-order valence-corrected chi connectivity index (χ2v) is 4.35. The van der Waals surface area contributed by atoms with E-state index in [1.807, 2.05) is 0 Å². The SMILES string of the molecule is C1CCN(CC2CCCCO2)CC1. The van der Waals surface area contributed by atoms with E-state index in [2.05, 4.69) is 4.90 Å². The van der Waals surface area contributed by atoms with Crippen LogP contribution in [0.25, 0.3) is 0 Å². The third-order valence-corrected chi connectivity index (χ3v) is 3.18. The molecule has 0 saturated carbocycles. The highest BCUT2D eigenvalue weighted by atomic mass is 16.5. The van der Waals surface area contributed by atoms with Gasteiger partial charge in [-0.2, -0.15) is 0 Å². The second-order valence-electron chi connectivity index (χ2n) is 4.35. The molecule has 0 aromatic rings. The molecule has 1 atom stereocenters. The molecule has 0 N–H and O–H groups in total. The molecule has 2 aliphatic rings. The third-order valence-electron chi connectivity index (χ3n) is 3.18. The number of piperidine rings is 1. The summed E-state index contributed by atoms with van der Waals surface area (Å²) in [7, 11) is 0. The Balaban J connectivity index is 1.69. The molecule has 13 heavy (non-hydrogen) atoms. The van der Waals surface area contributed by atoms with E-state index in [1.54, 1.807) is 0 Å². The van der Waals surface area contributed by atoms with E-state index >= 15 is 0 Å². The molecular formula is C11H21NO. The molecule has 2 rings (SSSR count). The van der Waals surface area contributed by atoms with Crippen molar-refractivity contribution >= 4 is 0 Å². The highest BCUT2D eigenvalue weighted by molar-refractivity contribution is 4.71. The fourth-order valence-electron chi connectivity index (χ4n) is 2.38. The van der Waals surface area contributed by atoms with Crippen LogP contribution < -0.4 is 0 Å². The smallest absolute Gasteiger partial charge is 0.0702 e. The van der Waals surface area contributed by atoms with E-state index in [9.17, 15) is 0 Å². The first-order chi connectivity index (χ1) is 6.45. The molecule has 2 heteroatoms. The average Bonchev–Trinajstić information content (AvgIpc) is 2.21. The zero-order valence-corrected chi connectivity index (χ0v) is 8.50. The number of hydrogen-bond donors (Lipinski definition) is 0. The standard InChI is InChI=1S/C11H21NO/c1-3-7-12(8-4-1)10-11-6-2-5-9-13-11/h11H,1-10H2. The molecule has 2 fully saturated rings. The number of nitrogens with zero attached hydrogens (tertiary/aromatic N) is 1. The molecule has 0 radical (unpaired) electrons. The van der Waals surface area contributed by atoms with E-state index in [0.717, 1.165) is 6.61 Å². The molecule has 76 valence electrons. The van der Waals surface area contributed by atoms with Crippen LogP contribution in [0.5, 0.6) is 0 Å². The van der Waals surface area contributed by atoms with Crippen molar-refractivity contribution in [1.82, 2.24) is 4.90 Å². The minimum absolute atomic E-state index is 0.548. The van der Waals surface area contributed by atoms with Gasteiger partial charge in [0.05, 0.1) is 6.10 Å². The van der Waals surface area contributed by atoms with Crippen LogP contribution in [0.2, 0.25) is 0 Å². The molecule has 0 aromatic carbocycles. The largest absolute Gasteiger partial charge is 0.377 e. The molecule has 2 saturated heterocycles. The monoisotopic (exact) mass is 183 g/mol. The quantitative estimate of drug-likeness (QED) is 0.649. The summed E-state index contributed by atoms with van der Waals surface area (Å²) < 4.78 is 5.74. The molecule has 1 unspecified atom stereocenters. The lowest BCUT2D eigenvalue weighted by atomic mass is 10.1. The minimum Gasteiger partial charge on any atom is -0.377 e. The van der Waals surface area contributed by atoms with Crippen molar-refractivity contribution in [3.8, 4) is 0 Å². The van der Waals surface area contributed by atoms with Crippen molar-refractivity contribution in [2.24, 2.45) is 0 Å². The summed E-state index contributed by atoms with van der Waals surface area (Å²) in [5, 5.41) is 0. The predicted octanol–water partition coefficient (Wildman–Crippen LogP) is 2.04. The molecule has 2 nitrogen and oxygen atoms in total. The Morgan fingerprint density at radius 3 is 2.54 bits per heavy atom. The van der Waals surface area contributed by atoms with Crippen LogP contribution in [0.3, 0.4) is 0 Å². The normalized spacial score (nSPS) is 31.8. The van der Waals surface area contributed by atoms with Gasteiger partial charge in [0, 0.05) is 13.2 Å². The maximum Gasteiger partial charge on any atom is 0.0702 e. The Bertz CT molecular complexity index is 121. The van der Waals surface area contributed by atoms with E-state index in [-0.39, 0.29) is 0 Å². The van der Waals surface area contributed by atoms with Gasteiger partial charge in [-0.3, -0.25) is 0 Å². The first kappa shape index (κ1) is 9.47. The van der Waals surface area contributed by atoms with Gasteiger partial charge >= 0.3 is 0 Å². The predicted molar refractivity (Wildman–Crippen MR) is 53.9 cm³/mol. The number of likely N-dealkylation sites (tertiary alicyclic amines) is 1. The minimum atomic E-state index is 0.548. The summed E-state index contributed by atoms with van der Waals surface area (Å²) in [4.78, 5) is 2.58. The van der Waals surface area contributed by atoms with Gasteiger partial charge in [0.15, 0.2) is 0 Å². The van der Waals surface area contributed by atoms with Crippen LogP contribution in [0.1, 0.15) is 38.5 Å². The second kappa shape index (κ2) is 4.97. The van der Waals surface area contributed by atoms with Crippen molar-refractivity contribution in [2.45, 2.75) is 44.6 Å². The fourth-order valence-corrected chi connectivity index (χ4v) is 2.38. The Morgan fingerprint density at radius 2 is 1.85 bits per heavy atom. The van der Waals surface area contributed by atoms with Crippen LogP contribution in [-0.2, 0) is 4.74 Å². The van der Waals surface area contributed by atoms with E-state index in [4.69, 9.17) is 4.74 Å². The lowest BCUT2D eigenvalue weighted by molar-refractivity contribution is -0.00856. The Morgan fingerprint density at radius 1 is 1.00 bits per heavy atom. The van der Waals surface area contributed by atoms with Crippen molar-refractivity contribution in [3.05, 3.63) is 0 Å². The van der Waals surface area contributed by atoms with Crippen molar-refractivity contribution < 1.29 is 4.74 Å². The highest BCUT2D eigenvalue weighted by Crippen LogP contribution is 2.16. The molecule has 2 aliphatic heterocycles. The van der Waals surface area contributed by atoms with Gasteiger partial charge in [0.25, 0.3) is 0 Å². The van der Waals surface area contributed by atoms with Gasteiger partial charge in [-0.25, -0.2) is 0 Å². The van der Waals surface area contributed by atoms with E-state index < -0.39 is 0 Å². The van der Waals surface area contributed by atoms with Crippen molar-refractivity contribution in [1.29, 1.82) is 0 Å². The van der Waals surface area contributed by atoms with Gasteiger partial charge in [0.1, 0.15) is 0 Å². The first-order valence-electron chi connectivity index (χ1n) is 5.79. The zero-order valence-electron chi connectivity index (χ0n) is 8.50. The Labute approximate surface area is 81.3 Å². The lowest BCUT2D eigenvalue weighted by Crippen LogP contribution is -2.38. The molecule has 0 bridgehead atoms. The summed E-state index contributed by atoms with van der Waals surface area (Å²) in [6.45, 7) is 4.80. The van der Waals surface area contributed by atoms with Gasteiger partial charge in [-0.1, -0.05) is 6.42 Å². The van der Waals surface area contributed by atoms with E-state index in [1.165, 1.54) is 58.2 Å². The first-order valence-corrected chi connectivity index (χ1v) is 5.79. The van der Waals surface area contributed by atoms with Gasteiger partial charge < -0.3 is 9.64 Å². The van der Waals surface area contributed by atoms with Crippen LogP contribution in [0.4, 0.5) is 0 Å². The zero-order chi connectivity index (χ0) is 8.93. The maximum atomic E-state index is 5.74.